The predicted molar refractivity (Wildman–Crippen MR) is 87.9 cm³/mol. The maximum absolute atomic E-state index is 3.69. The van der Waals surface area contributed by atoms with Gasteiger partial charge >= 0.3 is 0 Å². The zero-order chi connectivity index (χ0) is 13.9. The molecule has 3 heteroatoms. The van der Waals surface area contributed by atoms with E-state index in [1.54, 1.807) is 0 Å². The van der Waals surface area contributed by atoms with Gasteiger partial charge < -0.3 is 5.32 Å². The van der Waals surface area contributed by atoms with Crippen molar-refractivity contribution in [2.75, 3.05) is 19.6 Å². The molecule has 2 atom stereocenters. The van der Waals surface area contributed by atoms with E-state index in [0.29, 0.717) is 0 Å². The molecule has 3 rings (SSSR count). The molecule has 0 aromatic heterocycles. The molecular formula is C17H25BrN2. The first-order chi connectivity index (χ1) is 9.72. The monoisotopic (exact) mass is 336 g/mol. The van der Waals surface area contributed by atoms with Crippen LogP contribution in [-0.2, 0) is 6.54 Å². The molecule has 0 amide bonds. The molecule has 2 fully saturated rings. The Balaban J connectivity index is 1.60. The Bertz CT molecular complexity index is 454. The number of nitrogens with one attached hydrogen (secondary N) is 1. The van der Waals surface area contributed by atoms with Gasteiger partial charge in [0.15, 0.2) is 0 Å². The fraction of sp³-hybridized carbons (Fsp3) is 0.647. The number of benzene rings is 1. The molecule has 0 radical (unpaired) electrons. The summed E-state index contributed by atoms with van der Waals surface area (Å²) in [5.41, 5.74) is 2.75. The molecular weight excluding hydrogens is 312 g/mol. The molecule has 1 aromatic rings. The lowest BCUT2D eigenvalue weighted by molar-refractivity contribution is 0.145. The normalized spacial score (nSPS) is 27.9. The number of halogens is 1. The number of nitrogens with zero attached hydrogens (tertiary/aromatic N) is 1. The van der Waals surface area contributed by atoms with Crippen LogP contribution in [0.3, 0.4) is 0 Å². The highest BCUT2D eigenvalue weighted by atomic mass is 79.9. The van der Waals surface area contributed by atoms with Gasteiger partial charge in [-0.25, -0.2) is 0 Å². The van der Waals surface area contributed by atoms with Crippen LogP contribution in [0.5, 0.6) is 0 Å². The first kappa shape index (κ1) is 14.6. The molecule has 2 saturated heterocycles. The molecule has 1 N–H and O–H groups in total. The SMILES string of the molecule is Cc1ccc(CN2CCCC(C3CCCN3)C2)cc1Br. The van der Waals surface area contributed by atoms with Gasteiger partial charge in [-0.1, -0.05) is 28.1 Å². The van der Waals surface area contributed by atoms with E-state index in [9.17, 15) is 0 Å². The maximum Gasteiger partial charge on any atom is 0.0234 e. The van der Waals surface area contributed by atoms with E-state index in [4.69, 9.17) is 0 Å². The molecule has 2 unspecified atom stereocenters. The summed E-state index contributed by atoms with van der Waals surface area (Å²) < 4.78 is 1.24. The minimum atomic E-state index is 0.780. The van der Waals surface area contributed by atoms with E-state index in [1.165, 1.54) is 60.9 Å². The van der Waals surface area contributed by atoms with Crippen LogP contribution in [0.1, 0.15) is 36.8 Å². The van der Waals surface area contributed by atoms with Crippen molar-refractivity contribution >= 4 is 15.9 Å². The quantitative estimate of drug-likeness (QED) is 0.904. The molecule has 2 heterocycles. The number of hydrogen-bond donors (Lipinski definition) is 1. The van der Waals surface area contributed by atoms with Gasteiger partial charge in [0.2, 0.25) is 0 Å². The van der Waals surface area contributed by atoms with Gasteiger partial charge in [0.1, 0.15) is 0 Å². The zero-order valence-corrected chi connectivity index (χ0v) is 14.0. The third-order valence-corrected chi connectivity index (χ3v) is 5.71. The second-order valence-corrected chi connectivity index (χ2v) is 7.28. The Morgan fingerprint density at radius 2 is 2.20 bits per heavy atom. The standard InChI is InChI=1S/C17H25BrN2/c1-13-6-7-14(10-16(13)18)11-20-9-3-4-15(12-20)17-5-2-8-19-17/h6-7,10,15,17,19H,2-5,8-9,11-12H2,1H3. The number of rotatable bonds is 3. The summed E-state index contributed by atoms with van der Waals surface area (Å²) in [7, 11) is 0. The molecule has 20 heavy (non-hydrogen) atoms. The van der Waals surface area contributed by atoms with Crippen LogP contribution in [0, 0.1) is 12.8 Å². The van der Waals surface area contributed by atoms with Gasteiger partial charge in [0.05, 0.1) is 0 Å². The molecule has 0 aliphatic carbocycles. The second kappa shape index (κ2) is 6.59. The molecule has 2 aliphatic rings. The molecule has 2 aliphatic heterocycles. The maximum atomic E-state index is 3.69. The molecule has 0 bridgehead atoms. The first-order valence-corrected chi connectivity index (χ1v) is 8.72. The lowest BCUT2D eigenvalue weighted by atomic mass is 9.89. The number of piperidine rings is 1. The van der Waals surface area contributed by atoms with Gasteiger partial charge in [-0.15, -0.1) is 0 Å². The van der Waals surface area contributed by atoms with E-state index < -0.39 is 0 Å². The van der Waals surface area contributed by atoms with Crippen molar-refractivity contribution in [1.29, 1.82) is 0 Å². The fourth-order valence-corrected chi connectivity index (χ4v) is 4.10. The van der Waals surface area contributed by atoms with Gasteiger partial charge in [0.25, 0.3) is 0 Å². The largest absolute Gasteiger partial charge is 0.314 e. The van der Waals surface area contributed by atoms with E-state index >= 15 is 0 Å². The van der Waals surface area contributed by atoms with Crippen molar-refractivity contribution in [2.45, 2.75) is 45.2 Å². The molecule has 0 spiro atoms. The highest BCUT2D eigenvalue weighted by Crippen LogP contribution is 2.26. The number of hydrogen-bond acceptors (Lipinski definition) is 2. The fourth-order valence-electron chi connectivity index (χ4n) is 3.67. The number of likely N-dealkylation sites (tertiary alicyclic amines) is 1. The Labute approximate surface area is 131 Å². The van der Waals surface area contributed by atoms with Crippen LogP contribution in [-0.4, -0.2) is 30.6 Å². The van der Waals surface area contributed by atoms with Crippen molar-refractivity contribution in [3.05, 3.63) is 33.8 Å². The van der Waals surface area contributed by atoms with Gasteiger partial charge in [-0.2, -0.15) is 0 Å². The van der Waals surface area contributed by atoms with Crippen LogP contribution >= 0.6 is 15.9 Å². The zero-order valence-electron chi connectivity index (χ0n) is 12.4. The first-order valence-electron chi connectivity index (χ1n) is 7.93. The minimum absolute atomic E-state index is 0.780. The lowest BCUT2D eigenvalue weighted by Crippen LogP contribution is -2.43. The summed E-state index contributed by atoms with van der Waals surface area (Å²) in [6.07, 6.45) is 5.52. The van der Waals surface area contributed by atoms with Gasteiger partial charge in [0, 0.05) is 23.6 Å². The van der Waals surface area contributed by atoms with Crippen LogP contribution in [0.4, 0.5) is 0 Å². The Hall–Kier alpha value is -0.380. The average molecular weight is 337 g/mol. The number of aryl methyl sites for hydroxylation is 1. The molecule has 2 nitrogen and oxygen atoms in total. The summed E-state index contributed by atoms with van der Waals surface area (Å²) in [5.74, 6) is 0.861. The van der Waals surface area contributed by atoms with Gasteiger partial charge in [-0.3, -0.25) is 4.90 Å². The predicted octanol–water partition coefficient (Wildman–Crippen LogP) is 3.72. The van der Waals surface area contributed by atoms with Crippen LogP contribution in [0.25, 0.3) is 0 Å². The average Bonchev–Trinajstić information content (AvgIpc) is 2.97. The molecule has 1 aromatic carbocycles. The van der Waals surface area contributed by atoms with E-state index in [-0.39, 0.29) is 0 Å². The summed E-state index contributed by atoms with van der Waals surface area (Å²) in [6, 6.07) is 7.56. The Kier molecular flexibility index (Phi) is 4.79. The van der Waals surface area contributed by atoms with Crippen molar-refractivity contribution in [1.82, 2.24) is 10.2 Å². The summed E-state index contributed by atoms with van der Waals surface area (Å²) in [6.45, 7) is 7.00. The summed E-state index contributed by atoms with van der Waals surface area (Å²) in [4.78, 5) is 2.64. The third-order valence-electron chi connectivity index (χ3n) is 4.85. The molecule has 110 valence electrons. The summed E-state index contributed by atoms with van der Waals surface area (Å²) >= 11 is 3.65. The highest BCUT2D eigenvalue weighted by molar-refractivity contribution is 9.10. The van der Waals surface area contributed by atoms with E-state index in [0.717, 1.165) is 18.5 Å². The Morgan fingerprint density at radius 1 is 1.30 bits per heavy atom. The van der Waals surface area contributed by atoms with Gasteiger partial charge in [-0.05, 0) is 68.8 Å². The van der Waals surface area contributed by atoms with E-state index in [2.05, 4.69) is 51.3 Å². The van der Waals surface area contributed by atoms with Crippen LogP contribution in [0.2, 0.25) is 0 Å². The second-order valence-electron chi connectivity index (χ2n) is 6.42. The Morgan fingerprint density at radius 3 is 2.95 bits per heavy atom. The minimum Gasteiger partial charge on any atom is -0.314 e. The van der Waals surface area contributed by atoms with Crippen LogP contribution < -0.4 is 5.32 Å². The molecule has 0 saturated carbocycles. The lowest BCUT2D eigenvalue weighted by Gasteiger charge is -2.36. The van der Waals surface area contributed by atoms with Crippen molar-refractivity contribution in [2.24, 2.45) is 5.92 Å². The smallest absolute Gasteiger partial charge is 0.0234 e. The van der Waals surface area contributed by atoms with Crippen molar-refractivity contribution < 1.29 is 0 Å². The summed E-state index contributed by atoms with van der Waals surface area (Å²) in [5, 5.41) is 3.69. The van der Waals surface area contributed by atoms with Crippen molar-refractivity contribution in [3.8, 4) is 0 Å². The third kappa shape index (κ3) is 3.44. The van der Waals surface area contributed by atoms with E-state index in [1.807, 2.05) is 0 Å². The topological polar surface area (TPSA) is 15.3 Å². The van der Waals surface area contributed by atoms with Crippen molar-refractivity contribution in [3.63, 3.8) is 0 Å². The van der Waals surface area contributed by atoms with Crippen LogP contribution in [0.15, 0.2) is 22.7 Å². The highest BCUT2D eigenvalue weighted by Gasteiger charge is 2.28.